The molecule has 0 unspecified atom stereocenters. The number of amidine groups is 1. The van der Waals surface area contributed by atoms with Crippen LogP contribution in [0.4, 0.5) is 10.1 Å². The van der Waals surface area contributed by atoms with Gasteiger partial charge in [-0.2, -0.15) is 0 Å². The van der Waals surface area contributed by atoms with Crippen molar-refractivity contribution >= 4 is 46.4 Å². The number of benzene rings is 3. The van der Waals surface area contributed by atoms with Crippen molar-refractivity contribution in [3.05, 3.63) is 94.6 Å². The fourth-order valence-corrected chi connectivity index (χ4v) is 4.30. The highest BCUT2D eigenvalue weighted by Crippen LogP contribution is 2.30. The number of hydrogen-bond donors (Lipinski definition) is 1. The molecule has 0 aliphatic carbocycles. The van der Waals surface area contributed by atoms with Crippen molar-refractivity contribution in [2.75, 3.05) is 0 Å². The van der Waals surface area contributed by atoms with Crippen LogP contribution in [-0.4, -0.2) is 11.1 Å². The zero-order chi connectivity index (χ0) is 20.2. The predicted molar refractivity (Wildman–Crippen MR) is 119 cm³/mol. The van der Waals surface area contributed by atoms with E-state index in [0.717, 1.165) is 10.5 Å². The van der Waals surface area contributed by atoms with Crippen molar-refractivity contribution in [1.29, 1.82) is 0 Å². The van der Waals surface area contributed by atoms with E-state index in [4.69, 9.17) is 0 Å². The highest BCUT2D eigenvalue weighted by molar-refractivity contribution is 8.18. The Morgan fingerprint density at radius 2 is 1.55 bits per heavy atom. The molecule has 1 aliphatic rings. The van der Waals surface area contributed by atoms with Gasteiger partial charge in [-0.25, -0.2) is 9.38 Å². The third-order valence-corrected chi connectivity index (χ3v) is 6.07. The highest BCUT2D eigenvalue weighted by atomic mass is 32.2. The lowest BCUT2D eigenvalue weighted by atomic mass is 10.2. The van der Waals surface area contributed by atoms with Gasteiger partial charge in [0.15, 0.2) is 5.17 Å². The van der Waals surface area contributed by atoms with E-state index in [1.54, 1.807) is 23.9 Å². The second-order valence-corrected chi connectivity index (χ2v) is 8.62. The van der Waals surface area contributed by atoms with Crippen LogP contribution >= 0.6 is 23.5 Å². The maximum absolute atomic E-state index is 13.0. The molecule has 29 heavy (non-hydrogen) atoms. The van der Waals surface area contributed by atoms with Crippen LogP contribution in [0, 0.1) is 12.7 Å². The SMILES string of the molecule is Cc1ccc(Sc2ccc(/C=C3\SC(=Nc4ccc(F)cc4)NC3=O)cc2)cc1. The van der Waals surface area contributed by atoms with Gasteiger partial charge in [-0.1, -0.05) is 41.6 Å². The van der Waals surface area contributed by atoms with Crippen molar-refractivity contribution < 1.29 is 9.18 Å². The molecule has 1 N–H and O–H groups in total. The van der Waals surface area contributed by atoms with Gasteiger partial charge in [-0.3, -0.25) is 4.79 Å². The molecule has 0 saturated carbocycles. The fourth-order valence-electron chi connectivity index (χ4n) is 2.64. The normalized spacial score (nSPS) is 16.4. The minimum Gasteiger partial charge on any atom is -0.300 e. The third-order valence-electron chi connectivity index (χ3n) is 4.14. The number of nitrogens with zero attached hydrogens (tertiary/aromatic N) is 1. The van der Waals surface area contributed by atoms with E-state index < -0.39 is 0 Å². The number of thioether (sulfide) groups is 1. The summed E-state index contributed by atoms with van der Waals surface area (Å²) < 4.78 is 13.0. The molecule has 144 valence electrons. The van der Waals surface area contributed by atoms with E-state index in [1.807, 2.05) is 30.3 Å². The second kappa shape index (κ2) is 8.68. The average Bonchev–Trinajstić information content (AvgIpc) is 3.06. The smallest absolute Gasteiger partial charge is 0.264 e. The summed E-state index contributed by atoms with van der Waals surface area (Å²) in [7, 11) is 0. The Morgan fingerprint density at radius 3 is 2.21 bits per heavy atom. The first-order valence-electron chi connectivity index (χ1n) is 8.95. The van der Waals surface area contributed by atoms with Crippen LogP contribution in [0.5, 0.6) is 0 Å². The van der Waals surface area contributed by atoms with Crippen LogP contribution in [0.3, 0.4) is 0 Å². The molecular weight excluding hydrogens is 403 g/mol. The van der Waals surface area contributed by atoms with Crippen molar-refractivity contribution in [2.45, 2.75) is 16.7 Å². The first kappa shape index (κ1) is 19.5. The fraction of sp³-hybridized carbons (Fsp3) is 0.0435. The monoisotopic (exact) mass is 420 g/mol. The Bertz CT molecular complexity index is 1090. The van der Waals surface area contributed by atoms with Gasteiger partial charge in [0.25, 0.3) is 5.91 Å². The summed E-state index contributed by atoms with van der Waals surface area (Å²) in [5.41, 5.74) is 2.78. The molecule has 3 nitrogen and oxygen atoms in total. The van der Waals surface area contributed by atoms with Crippen LogP contribution in [0.25, 0.3) is 6.08 Å². The molecule has 3 aromatic carbocycles. The van der Waals surface area contributed by atoms with Gasteiger partial charge in [-0.05, 0) is 78.9 Å². The lowest BCUT2D eigenvalue weighted by Crippen LogP contribution is -2.19. The largest absolute Gasteiger partial charge is 0.300 e. The zero-order valence-electron chi connectivity index (χ0n) is 15.6. The van der Waals surface area contributed by atoms with Crippen LogP contribution in [0.1, 0.15) is 11.1 Å². The summed E-state index contributed by atoms with van der Waals surface area (Å²) in [5, 5.41) is 3.23. The van der Waals surface area contributed by atoms with Gasteiger partial charge in [0, 0.05) is 9.79 Å². The minimum atomic E-state index is -0.318. The molecule has 4 rings (SSSR count). The summed E-state index contributed by atoms with van der Waals surface area (Å²) >= 11 is 2.97. The van der Waals surface area contributed by atoms with Gasteiger partial charge in [-0.15, -0.1) is 0 Å². The number of carbonyl (C=O) groups is 1. The topological polar surface area (TPSA) is 41.5 Å². The molecule has 3 aromatic rings. The van der Waals surface area contributed by atoms with E-state index in [1.165, 1.54) is 34.4 Å². The maximum atomic E-state index is 13.0. The van der Waals surface area contributed by atoms with E-state index in [2.05, 4.69) is 41.5 Å². The number of aliphatic imine (C=N–C) groups is 1. The number of rotatable bonds is 4. The molecule has 6 heteroatoms. The van der Waals surface area contributed by atoms with E-state index in [0.29, 0.717) is 15.8 Å². The highest BCUT2D eigenvalue weighted by Gasteiger charge is 2.23. The van der Waals surface area contributed by atoms with Crippen molar-refractivity contribution in [3.8, 4) is 0 Å². The van der Waals surface area contributed by atoms with Gasteiger partial charge in [0.2, 0.25) is 0 Å². The van der Waals surface area contributed by atoms with Crippen LogP contribution in [0.15, 0.2) is 92.5 Å². The number of nitrogens with one attached hydrogen (secondary N) is 1. The predicted octanol–water partition coefficient (Wildman–Crippen LogP) is 6.18. The third kappa shape index (κ3) is 5.16. The lowest BCUT2D eigenvalue weighted by molar-refractivity contribution is -0.115. The second-order valence-electron chi connectivity index (χ2n) is 6.44. The average molecular weight is 421 g/mol. The number of halogens is 1. The van der Waals surface area contributed by atoms with Gasteiger partial charge in [0.05, 0.1) is 10.6 Å². The number of carbonyl (C=O) groups excluding carboxylic acids is 1. The zero-order valence-corrected chi connectivity index (χ0v) is 17.2. The Hall–Kier alpha value is -2.83. The molecule has 1 fully saturated rings. The first-order chi connectivity index (χ1) is 14.0. The Balaban J connectivity index is 1.45. The minimum absolute atomic E-state index is 0.186. The van der Waals surface area contributed by atoms with Gasteiger partial charge in [0.1, 0.15) is 5.82 Å². The molecule has 1 amide bonds. The first-order valence-corrected chi connectivity index (χ1v) is 10.6. The molecule has 0 atom stereocenters. The quantitative estimate of drug-likeness (QED) is 0.513. The summed E-state index contributed by atoms with van der Waals surface area (Å²) in [4.78, 5) is 19.5. The maximum Gasteiger partial charge on any atom is 0.264 e. The number of amides is 1. The molecule has 0 radical (unpaired) electrons. The summed E-state index contributed by atoms with van der Waals surface area (Å²) in [5.74, 6) is -0.504. The Morgan fingerprint density at radius 1 is 0.931 bits per heavy atom. The molecule has 0 spiro atoms. The molecule has 1 heterocycles. The van der Waals surface area contributed by atoms with Crippen molar-refractivity contribution in [2.24, 2.45) is 4.99 Å². The lowest BCUT2D eigenvalue weighted by Gasteiger charge is -2.03. The summed E-state index contributed by atoms with van der Waals surface area (Å²) in [6, 6.07) is 22.3. The molecule has 1 aliphatic heterocycles. The van der Waals surface area contributed by atoms with Crippen LogP contribution in [-0.2, 0) is 4.79 Å². The summed E-state index contributed by atoms with van der Waals surface area (Å²) in [6.45, 7) is 2.07. The summed E-state index contributed by atoms with van der Waals surface area (Å²) in [6.07, 6.45) is 1.84. The van der Waals surface area contributed by atoms with Gasteiger partial charge < -0.3 is 5.32 Å². The molecular formula is C23H17FN2OS2. The van der Waals surface area contributed by atoms with Crippen molar-refractivity contribution in [3.63, 3.8) is 0 Å². The number of aryl methyl sites for hydroxylation is 1. The Kier molecular flexibility index (Phi) is 5.83. The van der Waals surface area contributed by atoms with Gasteiger partial charge >= 0.3 is 0 Å². The molecule has 1 saturated heterocycles. The molecule has 0 bridgehead atoms. The van der Waals surface area contributed by atoms with E-state index >= 15 is 0 Å². The van der Waals surface area contributed by atoms with Crippen LogP contribution in [0.2, 0.25) is 0 Å². The van der Waals surface area contributed by atoms with E-state index in [9.17, 15) is 9.18 Å². The van der Waals surface area contributed by atoms with Crippen molar-refractivity contribution in [1.82, 2.24) is 5.32 Å². The molecule has 0 aromatic heterocycles. The Labute approximate surface area is 177 Å². The van der Waals surface area contributed by atoms with E-state index in [-0.39, 0.29) is 11.7 Å². The standard InChI is InChI=1S/C23H17FN2OS2/c1-15-2-10-19(11-3-15)28-20-12-4-16(5-13-20)14-21-22(27)26-23(29-21)25-18-8-6-17(24)7-9-18/h2-14H,1H3,(H,25,26,27)/b21-14-. The van der Waals surface area contributed by atoms with Crippen LogP contribution < -0.4 is 5.32 Å². The number of hydrogen-bond acceptors (Lipinski definition) is 4.